The van der Waals surface area contributed by atoms with E-state index >= 15 is 0 Å². The van der Waals surface area contributed by atoms with E-state index in [-0.39, 0.29) is 12.2 Å². The lowest BCUT2D eigenvalue weighted by atomic mass is 10.1. The van der Waals surface area contributed by atoms with Crippen molar-refractivity contribution in [2.45, 2.75) is 6.54 Å². The second-order valence-electron chi connectivity index (χ2n) is 4.19. The quantitative estimate of drug-likeness (QED) is 0.638. The number of nitro groups is 1. The predicted molar refractivity (Wildman–Crippen MR) is 84.3 cm³/mol. The van der Waals surface area contributed by atoms with Crippen LogP contribution in [0.25, 0.3) is 0 Å². The zero-order chi connectivity index (χ0) is 15.4. The number of hydrogen-bond donors (Lipinski definition) is 1. The second kappa shape index (κ2) is 6.57. The fourth-order valence-electron chi connectivity index (χ4n) is 1.82. The summed E-state index contributed by atoms with van der Waals surface area (Å²) in [6.45, 7) is 0.213. The van der Waals surface area contributed by atoms with Gasteiger partial charge < -0.3 is 5.32 Å². The molecule has 0 spiro atoms. The standard InChI is InChI=1S/C14H9BrClN3O2/c15-11-2-4-14(19(20)21)10(5-11)8-18-13-6-12(16)3-1-9(13)7-17/h1-6,18H,8H2. The van der Waals surface area contributed by atoms with Crippen LogP contribution < -0.4 is 5.32 Å². The van der Waals surface area contributed by atoms with E-state index in [4.69, 9.17) is 16.9 Å². The molecule has 0 fully saturated rings. The van der Waals surface area contributed by atoms with Crippen molar-refractivity contribution < 1.29 is 4.92 Å². The number of anilines is 1. The van der Waals surface area contributed by atoms with Crippen LogP contribution in [0.15, 0.2) is 40.9 Å². The molecule has 1 N–H and O–H groups in total. The Morgan fingerprint density at radius 1 is 1.33 bits per heavy atom. The fourth-order valence-corrected chi connectivity index (χ4v) is 2.41. The molecule has 2 aromatic carbocycles. The Morgan fingerprint density at radius 3 is 2.76 bits per heavy atom. The molecule has 0 amide bonds. The van der Waals surface area contributed by atoms with Crippen LogP contribution in [0, 0.1) is 21.4 Å². The van der Waals surface area contributed by atoms with Crippen LogP contribution in [-0.4, -0.2) is 4.92 Å². The number of rotatable bonds is 4. The smallest absolute Gasteiger partial charge is 0.274 e. The highest BCUT2D eigenvalue weighted by Gasteiger charge is 2.14. The number of benzene rings is 2. The van der Waals surface area contributed by atoms with Gasteiger partial charge in [0.25, 0.3) is 5.69 Å². The molecule has 0 aliphatic heterocycles. The maximum absolute atomic E-state index is 11.0. The van der Waals surface area contributed by atoms with Gasteiger partial charge in [0.1, 0.15) is 6.07 Å². The van der Waals surface area contributed by atoms with E-state index in [0.29, 0.717) is 21.8 Å². The largest absolute Gasteiger partial charge is 0.380 e. The molecule has 0 saturated heterocycles. The lowest BCUT2D eigenvalue weighted by Crippen LogP contribution is -2.04. The average Bonchev–Trinajstić information content (AvgIpc) is 2.45. The molecule has 7 heteroatoms. The summed E-state index contributed by atoms with van der Waals surface area (Å²) < 4.78 is 0.747. The van der Waals surface area contributed by atoms with E-state index < -0.39 is 4.92 Å². The Hall–Kier alpha value is -2.10. The van der Waals surface area contributed by atoms with Crippen LogP contribution in [0.3, 0.4) is 0 Å². The van der Waals surface area contributed by atoms with Crippen molar-refractivity contribution in [2.75, 3.05) is 5.32 Å². The van der Waals surface area contributed by atoms with Gasteiger partial charge in [0.15, 0.2) is 0 Å². The third kappa shape index (κ3) is 3.72. The zero-order valence-electron chi connectivity index (χ0n) is 10.6. The minimum absolute atomic E-state index is 0.0197. The lowest BCUT2D eigenvalue weighted by Gasteiger charge is -2.09. The molecule has 0 bridgehead atoms. The first-order chi connectivity index (χ1) is 10.0. The summed E-state index contributed by atoms with van der Waals surface area (Å²) in [5.74, 6) is 0. The minimum Gasteiger partial charge on any atom is -0.380 e. The van der Waals surface area contributed by atoms with E-state index in [1.807, 2.05) is 6.07 Å². The number of nitrogens with zero attached hydrogens (tertiary/aromatic N) is 2. The Balaban J connectivity index is 2.29. The van der Waals surface area contributed by atoms with Crippen LogP contribution in [0.2, 0.25) is 5.02 Å². The molecule has 0 saturated carbocycles. The number of nitriles is 1. The van der Waals surface area contributed by atoms with Crippen LogP contribution >= 0.6 is 27.5 Å². The van der Waals surface area contributed by atoms with Crippen molar-refractivity contribution in [3.63, 3.8) is 0 Å². The maximum Gasteiger partial charge on any atom is 0.274 e. The Kier molecular flexibility index (Phi) is 4.78. The molecular formula is C14H9BrClN3O2. The second-order valence-corrected chi connectivity index (χ2v) is 5.54. The summed E-state index contributed by atoms with van der Waals surface area (Å²) in [4.78, 5) is 10.6. The molecule has 106 valence electrons. The molecule has 0 heterocycles. The topological polar surface area (TPSA) is 79.0 Å². The van der Waals surface area contributed by atoms with E-state index in [1.54, 1.807) is 30.3 Å². The van der Waals surface area contributed by atoms with Gasteiger partial charge in [0, 0.05) is 27.7 Å². The molecule has 2 rings (SSSR count). The van der Waals surface area contributed by atoms with Gasteiger partial charge in [0.05, 0.1) is 16.2 Å². The molecule has 0 unspecified atom stereocenters. The monoisotopic (exact) mass is 365 g/mol. The highest BCUT2D eigenvalue weighted by molar-refractivity contribution is 9.10. The first-order valence-electron chi connectivity index (χ1n) is 5.87. The SMILES string of the molecule is N#Cc1ccc(Cl)cc1NCc1cc(Br)ccc1[N+](=O)[O-]. The molecule has 21 heavy (non-hydrogen) atoms. The van der Waals surface area contributed by atoms with Crippen molar-refractivity contribution in [3.8, 4) is 6.07 Å². The fraction of sp³-hybridized carbons (Fsp3) is 0.0714. The number of nitrogens with one attached hydrogen (secondary N) is 1. The summed E-state index contributed by atoms with van der Waals surface area (Å²) in [5, 5.41) is 23.6. The lowest BCUT2D eigenvalue weighted by molar-refractivity contribution is -0.385. The van der Waals surface area contributed by atoms with Gasteiger partial charge in [-0.3, -0.25) is 10.1 Å². The van der Waals surface area contributed by atoms with Gasteiger partial charge in [0.2, 0.25) is 0 Å². The normalized spacial score (nSPS) is 9.95. The first kappa shape index (κ1) is 15.3. The van der Waals surface area contributed by atoms with E-state index in [1.165, 1.54) is 6.07 Å². The van der Waals surface area contributed by atoms with Gasteiger partial charge in [-0.15, -0.1) is 0 Å². The van der Waals surface area contributed by atoms with Gasteiger partial charge in [-0.25, -0.2) is 0 Å². The first-order valence-corrected chi connectivity index (χ1v) is 7.04. The predicted octanol–water partition coefficient (Wildman–Crippen LogP) is 4.49. The highest BCUT2D eigenvalue weighted by Crippen LogP contribution is 2.26. The number of halogens is 2. The summed E-state index contributed by atoms with van der Waals surface area (Å²) >= 11 is 9.18. The molecule has 0 aliphatic rings. The van der Waals surface area contributed by atoms with Crippen molar-refractivity contribution in [3.05, 3.63) is 67.1 Å². The summed E-state index contributed by atoms with van der Waals surface area (Å²) in [6.07, 6.45) is 0. The van der Waals surface area contributed by atoms with Gasteiger partial charge in [-0.05, 0) is 30.3 Å². The Morgan fingerprint density at radius 2 is 2.10 bits per heavy atom. The van der Waals surface area contributed by atoms with Crippen molar-refractivity contribution in [1.29, 1.82) is 5.26 Å². The number of hydrogen-bond acceptors (Lipinski definition) is 4. The summed E-state index contributed by atoms with van der Waals surface area (Å²) in [6, 6.07) is 11.6. The molecular weight excluding hydrogens is 358 g/mol. The van der Waals surface area contributed by atoms with Gasteiger partial charge in [-0.1, -0.05) is 27.5 Å². The summed E-state index contributed by atoms with van der Waals surface area (Å²) in [7, 11) is 0. The van der Waals surface area contributed by atoms with Crippen LogP contribution in [0.4, 0.5) is 11.4 Å². The average molecular weight is 367 g/mol. The molecule has 0 aliphatic carbocycles. The van der Waals surface area contributed by atoms with Gasteiger partial charge >= 0.3 is 0 Å². The Bertz CT molecular complexity index is 743. The van der Waals surface area contributed by atoms with Crippen molar-refractivity contribution >= 4 is 38.9 Å². The molecule has 5 nitrogen and oxygen atoms in total. The highest BCUT2D eigenvalue weighted by atomic mass is 79.9. The van der Waals surface area contributed by atoms with Crippen LogP contribution in [-0.2, 0) is 6.54 Å². The van der Waals surface area contributed by atoms with Gasteiger partial charge in [-0.2, -0.15) is 5.26 Å². The van der Waals surface area contributed by atoms with Crippen molar-refractivity contribution in [2.24, 2.45) is 0 Å². The molecule has 2 aromatic rings. The van der Waals surface area contributed by atoms with Crippen LogP contribution in [0.1, 0.15) is 11.1 Å². The summed E-state index contributed by atoms with van der Waals surface area (Å²) in [5.41, 5.74) is 1.50. The van der Waals surface area contributed by atoms with E-state index in [2.05, 4.69) is 21.2 Å². The van der Waals surface area contributed by atoms with E-state index in [9.17, 15) is 10.1 Å². The molecule has 0 aromatic heterocycles. The minimum atomic E-state index is -0.438. The van der Waals surface area contributed by atoms with E-state index in [0.717, 1.165) is 4.47 Å². The Labute approximate surface area is 134 Å². The number of nitro benzene ring substituents is 1. The van der Waals surface area contributed by atoms with Crippen LogP contribution in [0.5, 0.6) is 0 Å². The molecule has 0 atom stereocenters. The zero-order valence-corrected chi connectivity index (χ0v) is 13.0. The maximum atomic E-state index is 11.0. The third-order valence-electron chi connectivity index (χ3n) is 2.81. The third-order valence-corrected chi connectivity index (χ3v) is 3.54. The molecule has 0 radical (unpaired) electrons. The van der Waals surface area contributed by atoms with Crippen molar-refractivity contribution in [1.82, 2.24) is 0 Å².